The highest BCUT2D eigenvalue weighted by Crippen LogP contribution is 2.29. The lowest BCUT2D eigenvalue weighted by atomic mass is 10.2. The molecule has 1 aromatic heterocycles. The molecule has 0 bridgehead atoms. The Morgan fingerprint density at radius 3 is 2.50 bits per heavy atom. The first-order valence-electron chi connectivity index (χ1n) is 7.18. The van der Waals surface area contributed by atoms with Crippen molar-refractivity contribution in [2.24, 2.45) is 0 Å². The quantitative estimate of drug-likeness (QED) is 0.565. The zero-order valence-electron chi connectivity index (χ0n) is 13.7. The van der Waals surface area contributed by atoms with Crippen molar-refractivity contribution in [2.75, 3.05) is 18.2 Å². The van der Waals surface area contributed by atoms with Crippen molar-refractivity contribution >= 4 is 58.2 Å². The highest BCUT2D eigenvalue weighted by molar-refractivity contribution is 6.36. The van der Waals surface area contributed by atoms with Crippen molar-refractivity contribution in [3.63, 3.8) is 0 Å². The standard InChI is InChI=1S/C16H14Cl3N3O4/c1-7(15(23)22-14-11(19)3-8(17)6-21-14)26-16(24)9-4-10(18)12(20)5-13(9)25-2/h3-7H,20H2,1-2H3,(H,21,22,23)/t7-/m1/s1. The molecule has 1 atom stereocenters. The van der Waals surface area contributed by atoms with Crippen LogP contribution in [0, 0.1) is 0 Å². The number of pyridine rings is 1. The third-order valence-corrected chi connectivity index (χ3v) is 4.06. The third-order valence-electron chi connectivity index (χ3n) is 3.24. The van der Waals surface area contributed by atoms with Crippen LogP contribution in [0.2, 0.25) is 15.1 Å². The van der Waals surface area contributed by atoms with E-state index in [2.05, 4.69) is 10.3 Å². The number of benzene rings is 1. The minimum absolute atomic E-state index is 0.0361. The lowest BCUT2D eigenvalue weighted by Crippen LogP contribution is -2.30. The average Bonchev–Trinajstić information content (AvgIpc) is 2.59. The van der Waals surface area contributed by atoms with Crippen LogP contribution in [0.3, 0.4) is 0 Å². The summed E-state index contributed by atoms with van der Waals surface area (Å²) < 4.78 is 10.2. The summed E-state index contributed by atoms with van der Waals surface area (Å²) in [7, 11) is 1.36. The number of hydrogen-bond donors (Lipinski definition) is 2. The van der Waals surface area contributed by atoms with E-state index in [0.29, 0.717) is 5.02 Å². The van der Waals surface area contributed by atoms with Gasteiger partial charge in [-0.25, -0.2) is 9.78 Å². The van der Waals surface area contributed by atoms with Crippen molar-refractivity contribution in [1.82, 2.24) is 4.98 Å². The van der Waals surface area contributed by atoms with Crippen LogP contribution in [0.4, 0.5) is 11.5 Å². The Labute approximate surface area is 164 Å². The zero-order chi connectivity index (χ0) is 19.4. The van der Waals surface area contributed by atoms with Crippen LogP contribution in [-0.2, 0) is 9.53 Å². The van der Waals surface area contributed by atoms with Gasteiger partial charge in [0.15, 0.2) is 11.9 Å². The van der Waals surface area contributed by atoms with E-state index in [1.165, 1.54) is 38.4 Å². The van der Waals surface area contributed by atoms with Gasteiger partial charge in [-0.2, -0.15) is 0 Å². The van der Waals surface area contributed by atoms with Gasteiger partial charge in [0.2, 0.25) is 0 Å². The topological polar surface area (TPSA) is 104 Å². The molecule has 0 spiro atoms. The number of hydrogen-bond acceptors (Lipinski definition) is 6. The summed E-state index contributed by atoms with van der Waals surface area (Å²) in [6.45, 7) is 1.39. The number of carbonyl (C=O) groups excluding carboxylic acids is 2. The summed E-state index contributed by atoms with van der Waals surface area (Å²) in [5, 5.41) is 3.08. The smallest absolute Gasteiger partial charge is 0.342 e. The molecule has 0 aliphatic carbocycles. The number of amides is 1. The van der Waals surface area contributed by atoms with Crippen molar-refractivity contribution in [3.05, 3.63) is 45.0 Å². The molecule has 0 aliphatic rings. The summed E-state index contributed by atoms with van der Waals surface area (Å²) in [6.07, 6.45) is 0.179. The van der Waals surface area contributed by atoms with Crippen LogP contribution in [0.5, 0.6) is 5.75 Å². The van der Waals surface area contributed by atoms with Gasteiger partial charge in [0.05, 0.1) is 27.9 Å². The Balaban J connectivity index is 2.11. The Morgan fingerprint density at radius 1 is 1.19 bits per heavy atom. The monoisotopic (exact) mass is 417 g/mol. The predicted molar refractivity (Wildman–Crippen MR) is 100 cm³/mol. The summed E-state index contributed by atoms with van der Waals surface area (Å²) in [6, 6.07) is 4.12. The summed E-state index contributed by atoms with van der Waals surface area (Å²) in [5.74, 6) is -1.17. The van der Waals surface area contributed by atoms with Gasteiger partial charge < -0.3 is 20.5 Å². The van der Waals surface area contributed by atoms with Crippen LogP contribution in [-0.4, -0.2) is 30.1 Å². The van der Waals surface area contributed by atoms with E-state index < -0.39 is 18.0 Å². The largest absolute Gasteiger partial charge is 0.496 e. The molecule has 0 saturated carbocycles. The highest BCUT2D eigenvalue weighted by Gasteiger charge is 2.23. The van der Waals surface area contributed by atoms with Crippen LogP contribution < -0.4 is 15.8 Å². The average molecular weight is 419 g/mol. The molecular formula is C16H14Cl3N3O4. The Bertz CT molecular complexity index is 861. The Hall–Kier alpha value is -2.22. The number of anilines is 2. The van der Waals surface area contributed by atoms with Gasteiger partial charge in [0.1, 0.15) is 11.3 Å². The highest BCUT2D eigenvalue weighted by atomic mass is 35.5. The Morgan fingerprint density at radius 2 is 1.88 bits per heavy atom. The molecule has 0 radical (unpaired) electrons. The SMILES string of the molecule is COc1cc(N)c(Cl)cc1C(=O)O[C@H](C)C(=O)Nc1ncc(Cl)cc1Cl. The number of ether oxygens (including phenoxy) is 2. The number of esters is 1. The molecule has 0 saturated heterocycles. The number of carbonyl (C=O) groups is 2. The number of methoxy groups -OCH3 is 1. The molecule has 0 unspecified atom stereocenters. The molecule has 3 N–H and O–H groups in total. The van der Waals surface area contributed by atoms with E-state index in [1.807, 2.05) is 0 Å². The molecule has 2 aromatic rings. The van der Waals surface area contributed by atoms with Gasteiger partial charge in [-0.15, -0.1) is 0 Å². The molecular weight excluding hydrogens is 405 g/mol. The van der Waals surface area contributed by atoms with Gasteiger partial charge in [-0.3, -0.25) is 4.79 Å². The van der Waals surface area contributed by atoms with Gasteiger partial charge in [-0.1, -0.05) is 34.8 Å². The number of halogens is 3. The van der Waals surface area contributed by atoms with E-state index >= 15 is 0 Å². The molecule has 2 rings (SSSR count). The number of aromatic nitrogens is 1. The molecule has 138 valence electrons. The second-order valence-electron chi connectivity index (χ2n) is 5.09. The van der Waals surface area contributed by atoms with Crippen LogP contribution in [0.1, 0.15) is 17.3 Å². The van der Waals surface area contributed by atoms with E-state index in [-0.39, 0.29) is 32.9 Å². The van der Waals surface area contributed by atoms with E-state index in [0.717, 1.165) is 0 Å². The number of rotatable bonds is 5. The van der Waals surface area contributed by atoms with Crippen molar-refractivity contribution in [3.8, 4) is 5.75 Å². The number of nitrogens with one attached hydrogen (secondary N) is 1. The molecule has 1 amide bonds. The molecule has 7 nitrogen and oxygen atoms in total. The molecule has 26 heavy (non-hydrogen) atoms. The minimum Gasteiger partial charge on any atom is -0.496 e. The van der Waals surface area contributed by atoms with Gasteiger partial charge >= 0.3 is 5.97 Å². The number of nitrogens with zero attached hydrogens (tertiary/aromatic N) is 1. The van der Waals surface area contributed by atoms with Gasteiger partial charge in [0, 0.05) is 12.3 Å². The van der Waals surface area contributed by atoms with Gasteiger partial charge in [0.25, 0.3) is 5.91 Å². The summed E-state index contributed by atoms with van der Waals surface area (Å²) in [4.78, 5) is 28.4. The van der Waals surface area contributed by atoms with Crippen molar-refractivity contribution in [2.45, 2.75) is 13.0 Å². The number of nitrogens with two attached hydrogens (primary N) is 1. The summed E-state index contributed by atoms with van der Waals surface area (Å²) in [5.41, 5.74) is 5.95. The minimum atomic E-state index is -1.14. The van der Waals surface area contributed by atoms with Gasteiger partial charge in [-0.05, 0) is 19.1 Å². The van der Waals surface area contributed by atoms with E-state index in [4.69, 9.17) is 50.0 Å². The fraction of sp³-hybridized carbons (Fsp3) is 0.188. The second-order valence-corrected chi connectivity index (χ2v) is 6.35. The van der Waals surface area contributed by atoms with E-state index in [1.54, 1.807) is 0 Å². The zero-order valence-corrected chi connectivity index (χ0v) is 15.9. The lowest BCUT2D eigenvalue weighted by Gasteiger charge is -2.15. The fourth-order valence-corrected chi connectivity index (χ4v) is 2.49. The first-order chi connectivity index (χ1) is 12.2. The molecule has 10 heteroatoms. The lowest BCUT2D eigenvalue weighted by molar-refractivity contribution is -0.123. The van der Waals surface area contributed by atoms with Crippen molar-refractivity contribution in [1.29, 1.82) is 0 Å². The Kier molecular flexibility index (Phi) is 6.52. The molecule has 0 fully saturated rings. The number of nitrogen functional groups attached to an aromatic ring is 1. The normalized spacial score (nSPS) is 11.6. The maximum Gasteiger partial charge on any atom is 0.342 e. The maximum absolute atomic E-state index is 12.3. The van der Waals surface area contributed by atoms with Crippen molar-refractivity contribution < 1.29 is 19.1 Å². The maximum atomic E-state index is 12.3. The molecule has 1 heterocycles. The van der Waals surface area contributed by atoms with Crippen LogP contribution >= 0.6 is 34.8 Å². The fourth-order valence-electron chi connectivity index (χ4n) is 1.90. The first-order valence-corrected chi connectivity index (χ1v) is 8.32. The first kappa shape index (κ1) is 20.1. The molecule has 1 aromatic carbocycles. The van der Waals surface area contributed by atoms with E-state index in [9.17, 15) is 9.59 Å². The summed E-state index contributed by atoms with van der Waals surface area (Å²) >= 11 is 17.6. The van der Waals surface area contributed by atoms with Crippen LogP contribution in [0.25, 0.3) is 0 Å². The third kappa shape index (κ3) is 4.69. The van der Waals surface area contributed by atoms with Crippen LogP contribution in [0.15, 0.2) is 24.4 Å². The molecule has 0 aliphatic heterocycles. The predicted octanol–water partition coefficient (Wildman–Crippen LogP) is 3.82. The second kappa shape index (κ2) is 8.44.